The lowest BCUT2D eigenvalue weighted by atomic mass is 10.0. The van der Waals surface area contributed by atoms with Gasteiger partial charge in [-0.3, -0.25) is 0 Å². The Bertz CT molecular complexity index is 410. The Kier molecular flexibility index (Phi) is 7.40. The number of hydrogen-bond donors (Lipinski definition) is 1. The van der Waals surface area contributed by atoms with E-state index in [2.05, 4.69) is 21.2 Å². The van der Waals surface area contributed by atoms with E-state index in [1.165, 1.54) is 0 Å². The molecular formula is C14H19BrF3NS. The molecule has 114 valence electrons. The molecule has 0 aliphatic heterocycles. The summed E-state index contributed by atoms with van der Waals surface area (Å²) in [4.78, 5) is 0. The van der Waals surface area contributed by atoms with Crippen molar-refractivity contribution in [2.24, 2.45) is 5.92 Å². The number of thioether (sulfide) groups is 1. The van der Waals surface area contributed by atoms with E-state index in [0.717, 1.165) is 16.5 Å². The number of benzene rings is 1. The number of nitrogens with one attached hydrogen (secondary N) is 1. The Morgan fingerprint density at radius 3 is 2.55 bits per heavy atom. The van der Waals surface area contributed by atoms with Gasteiger partial charge in [-0.25, -0.2) is 0 Å². The van der Waals surface area contributed by atoms with Gasteiger partial charge in [-0.2, -0.15) is 13.2 Å². The van der Waals surface area contributed by atoms with Gasteiger partial charge < -0.3 is 5.32 Å². The molecule has 1 aromatic rings. The summed E-state index contributed by atoms with van der Waals surface area (Å²) in [6.07, 6.45) is 0.733. The van der Waals surface area contributed by atoms with Crippen molar-refractivity contribution in [3.63, 3.8) is 0 Å². The van der Waals surface area contributed by atoms with E-state index in [-0.39, 0.29) is 23.6 Å². The Hall–Kier alpha value is -0.200. The maximum Gasteiger partial charge on any atom is 0.441 e. The molecule has 0 radical (unpaired) electrons. The molecule has 1 N–H and O–H groups in total. The molecule has 0 saturated heterocycles. The van der Waals surface area contributed by atoms with Crippen LogP contribution < -0.4 is 5.32 Å². The first-order valence-electron chi connectivity index (χ1n) is 6.45. The molecule has 0 aliphatic rings. The van der Waals surface area contributed by atoms with Crippen LogP contribution in [-0.4, -0.2) is 17.3 Å². The molecule has 0 bridgehead atoms. The zero-order chi connectivity index (χ0) is 15.2. The molecule has 0 saturated carbocycles. The first-order valence-corrected chi connectivity index (χ1v) is 8.22. The second-order valence-electron chi connectivity index (χ2n) is 5.09. The van der Waals surface area contributed by atoms with Gasteiger partial charge in [0.05, 0.1) is 0 Å². The third kappa shape index (κ3) is 8.17. The Morgan fingerprint density at radius 2 is 2.00 bits per heavy atom. The minimum atomic E-state index is -4.16. The normalized spacial score (nSPS) is 13.8. The SMILES string of the molecule is CC(C)CC(CSC(F)(F)F)NCc1cccc(Br)c1. The van der Waals surface area contributed by atoms with E-state index in [0.29, 0.717) is 12.5 Å². The van der Waals surface area contributed by atoms with Crippen molar-refractivity contribution in [2.45, 2.75) is 38.4 Å². The molecule has 0 aliphatic carbocycles. The maximum atomic E-state index is 12.3. The minimum absolute atomic E-state index is 0.0502. The van der Waals surface area contributed by atoms with Crippen LogP contribution in [0.15, 0.2) is 28.7 Å². The molecule has 0 fully saturated rings. The largest absolute Gasteiger partial charge is 0.441 e. The monoisotopic (exact) mass is 369 g/mol. The van der Waals surface area contributed by atoms with Crippen molar-refractivity contribution < 1.29 is 13.2 Å². The lowest BCUT2D eigenvalue weighted by Crippen LogP contribution is -2.33. The first-order chi connectivity index (χ1) is 9.26. The van der Waals surface area contributed by atoms with Gasteiger partial charge in [-0.05, 0) is 41.8 Å². The Morgan fingerprint density at radius 1 is 1.30 bits per heavy atom. The van der Waals surface area contributed by atoms with Crippen molar-refractivity contribution in [1.82, 2.24) is 5.32 Å². The van der Waals surface area contributed by atoms with Crippen molar-refractivity contribution in [3.8, 4) is 0 Å². The fraction of sp³-hybridized carbons (Fsp3) is 0.571. The van der Waals surface area contributed by atoms with Crippen LogP contribution >= 0.6 is 27.7 Å². The third-order valence-corrected chi connectivity index (χ3v) is 4.08. The highest BCUT2D eigenvalue weighted by atomic mass is 79.9. The second kappa shape index (κ2) is 8.29. The lowest BCUT2D eigenvalue weighted by Gasteiger charge is -2.21. The zero-order valence-electron chi connectivity index (χ0n) is 11.5. The van der Waals surface area contributed by atoms with E-state index in [1.807, 2.05) is 38.1 Å². The summed E-state index contributed by atoms with van der Waals surface area (Å²) in [5.41, 5.74) is -3.10. The third-order valence-electron chi connectivity index (χ3n) is 2.69. The van der Waals surface area contributed by atoms with Gasteiger partial charge in [0.15, 0.2) is 0 Å². The van der Waals surface area contributed by atoms with Crippen LogP contribution in [0.4, 0.5) is 13.2 Å². The van der Waals surface area contributed by atoms with Gasteiger partial charge in [-0.1, -0.05) is 41.9 Å². The van der Waals surface area contributed by atoms with Crippen molar-refractivity contribution in [3.05, 3.63) is 34.3 Å². The molecule has 1 rings (SSSR count). The Balaban J connectivity index is 2.51. The topological polar surface area (TPSA) is 12.0 Å². The van der Waals surface area contributed by atoms with E-state index < -0.39 is 5.51 Å². The average molecular weight is 370 g/mol. The molecule has 1 nitrogen and oxygen atoms in total. The summed E-state index contributed by atoms with van der Waals surface area (Å²) in [6, 6.07) is 7.63. The van der Waals surface area contributed by atoms with Gasteiger partial charge in [0.25, 0.3) is 0 Å². The molecule has 1 unspecified atom stereocenters. The minimum Gasteiger partial charge on any atom is -0.309 e. The lowest BCUT2D eigenvalue weighted by molar-refractivity contribution is -0.0329. The van der Waals surface area contributed by atoms with E-state index in [4.69, 9.17) is 0 Å². The molecule has 0 heterocycles. The fourth-order valence-corrected chi connectivity index (χ4v) is 2.97. The summed E-state index contributed by atoms with van der Waals surface area (Å²) in [5, 5.41) is 3.23. The van der Waals surface area contributed by atoms with Crippen molar-refractivity contribution in [1.29, 1.82) is 0 Å². The standard InChI is InChI=1S/C14H19BrF3NS/c1-10(2)6-13(9-20-14(16,17)18)19-8-11-4-3-5-12(15)7-11/h3-5,7,10,13,19H,6,8-9H2,1-2H3. The predicted octanol–water partition coefficient (Wildman–Crippen LogP) is 5.21. The molecule has 6 heteroatoms. The molecule has 1 atom stereocenters. The molecule has 20 heavy (non-hydrogen) atoms. The zero-order valence-corrected chi connectivity index (χ0v) is 13.9. The van der Waals surface area contributed by atoms with Gasteiger partial charge in [-0.15, -0.1) is 0 Å². The molecule has 0 amide bonds. The van der Waals surface area contributed by atoms with Crippen LogP contribution in [0.1, 0.15) is 25.8 Å². The van der Waals surface area contributed by atoms with Gasteiger partial charge >= 0.3 is 5.51 Å². The van der Waals surface area contributed by atoms with E-state index >= 15 is 0 Å². The summed E-state index contributed by atoms with van der Waals surface area (Å²) in [7, 11) is 0. The summed E-state index contributed by atoms with van der Waals surface area (Å²) < 4.78 is 37.9. The number of halogens is 4. The highest BCUT2D eigenvalue weighted by molar-refractivity contribution is 9.10. The Labute approximate surface area is 130 Å². The molecular weight excluding hydrogens is 351 g/mol. The predicted molar refractivity (Wildman–Crippen MR) is 82.7 cm³/mol. The summed E-state index contributed by atoms with van der Waals surface area (Å²) >= 11 is 3.44. The average Bonchev–Trinajstić information content (AvgIpc) is 2.31. The summed E-state index contributed by atoms with van der Waals surface area (Å²) in [6.45, 7) is 4.62. The smallest absolute Gasteiger partial charge is 0.309 e. The number of alkyl halides is 3. The van der Waals surface area contributed by atoms with Gasteiger partial charge in [0, 0.05) is 22.8 Å². The highest BCUT2D eigenvalue weighted by Crippen LogP contribution is 2.31. The number of hydrogen-bond acceptors (Lipinski definition) is 2. The summed E-state index contributed by atoms with van der Waals surface area (Å²) in [5.74, 6) is 0.416. The van der Waals surface area contributed by atoms with Crippen LogP contribution in [0.25, 0.3) is 0 Å². The first kappa shape index (κ1) is 17.9. The molecule has 1 aromatic carbocycles. The van der Waals surface area contributed by atoms with Crippen LogP contribution in [0.3, 0.4) is 0 Å². The maximum absolute atomic E-state index is 12.3. The quantitative estimate of drug-likeness (QED) is 0.708. The fourth-order valence-electron chi connectivity index (χ4n) is 1.88. The van der Waals surface area contributed by atoms with Gasteiger partial charge in [0.1, 0.15) is 0 Å². The van der Waals surface area contributed by atoms with Crippen LogP contribution in [0.5, 0.6) is 0 Å². The van der Waals surface area contributed by atoms with Crippen molar-refractivity contribution >= 4 is 27.7 Å². The van der Waals surface area contributed by atoms with Crippen LogP contribution in [-0.2, 0) is 6.54 Å². The second-order valence-corrected chi connectivity index (χ2v) is 7.09. The molecule has 0 aromatic heterocycles. The van der Waals surface area contributed by atoms with Crippen molar-refractivity contribution in [2.75, 3.05) is 5.75 Å². The van der Waals surface area contributed by atoms with E-state index in [9.17, 15) is 13.2 Å². The number of rotatable bonds is 7. The highest BCUT2D eigenvalue weighted by Gasteiger charge is 2.29. The van der Waals surface area contributed by atoms with Gasteiger partial charge in [0.2, 0.25) is 0 Å². The van der Waals surface area contributed by atoms with Crippen LogP contribution in [0.2, 0.25) is 0 Å². The van der Waals surface area contributed by atoms with Crippen LogP contribution in [0, 0.1) is 5.92 Å². The molecule has 0 spiro atoms. The van der Waals surface area contributed by atoms with E-state index in [1.54, 1.807) is 0 Å².